The van der Waals surface area contributed by atoms with Crippen LogP contribution in [0.15, 0.2) is 12.4 Å². The molecule has 0 fully saturated rings. The summed E-state index contributed by atoms with van der Waals surface area (Å²) in [5, 5.41) is 0. The zero-order chi connectivity index (χ0) is 14.1. The van der Waals surface area contributed by atoms with Crippen LogP contribution in [0, 0.1) is 5.41 Å². The maximum absolute atomic E-state index is 12.1. The van der Waals surface area contributed by atoms with Crippen LogP contribution in [0.5, 0.6) is 0 Å². The van der Waals surface area contributed by atoms with Crippen LogP contribution < -0.4 is 4.90 Å². The third-order valence-corrected chi connectivity index (χ3v) is 2.75. The Kier molecular flexibility index (Phi) is 3.79. The predicted molar refractivity (Wildman–Crippen MR) is 73.6 cm³/mol. The van der Waals surface area contributed by atoms with Crippen LogP contribution in [-0.2, 0) is 10.2 Å². The summed E-state index contributed by atoms with van der Waals surface area (Å²) in [4.78, 5) is 22.1. The highest BCUT2D eigenvalue weighted by Gasteiger charge is 2.27. The minimum Gasteiger partial charge on any atom is -0.283 e. The Bertz CT molecular complexity index is 424. The Hall–Kier alpha value is -1.45. The van der Waals surface area contributed by atoms with E-state index in [-0.39, 0.29) is 11.3 Å². The molecule has 0 spiro atoms. The first-order valence-electron chi connectivity index (χ1n) is 6.14. The number of rotatable bonds is 1. The van der Waals surface area contributed by atoms with Gasteiger partial charge in [-0.3, -0.25) is 9.69 Å². The molecule has 18 heavy (non-hydrogen) atoms. The molecule has 0 unspecified atom stereocenters. The van der Waals surface area contributed by atoms with Crippen molar-refractivity contribution in [1.29, 1.82) is 0 Å². The van der Waals surface area contributed by atoms with Gasteiger partial charge >= 0.3 is 0 Å². The number of nitrogens with zero attached hydrogens (tertiary/aromatic N) is 3. The van der Waals surface area contributed by atoms with Crippen molar-refractivity contribution in [2.45, 2.75) is 47.0 Å². The fourth-order valence-corrected chi connectivity index (χ4v) is 1.48. The van der Waals surface area contributed by atoms with Crippen molar-refractivity contribution in [1.82, 2.24) is 9.97 Å². The summed E-state index contributed by atoms with van der Waals surface area (Å²) in [5.74, 6) is 0.453. The number of amides is 1. The van der Waals surface area contributed by atoms with Crippen molar-refractivity contribution in [3.8, 4) is 0 Å². The molecule has 0 aliphatic carbocycles. The van der Waals surface area contributed by atoms with E-state index in [1.807, 2.05) is 20.8 Å². The molecular weight excluding hydrogens is 226 g/mol. The smallest absolute Gasteiger partial charge is 0.234 e. The van der Waals surface area contributed by atoms with Crippen LogP contribution in [0.1, 0.15) is 47.1 Å². The SMILES string of the molecule is CN(C(=O)C(C)(C)C)c1ncc(C(C)(C)C)cn1. The van der Waals surface area contributed by atoms with E-state index < -0.39 is 5.41 Å². The van der Waals surface area contributed by atoms with Gasteiger partial charge in [0.25, 0.3) is 0 Å². The molecule has 1 amide bonds. The Morgan fingerprint density at radius 2 is 1.50 bits per heavy atom. The van der Waals surface area contributed by atoms with Gasteiger partial charge in [0.15, 0.2) is 0 Å². The molecule has 0 bridgehead atoms. The van der Waals surface area contributed by atoms with Gasteiger partial charge < -0.3 is 0 Å². The quantitative estimate of drug-likeness (QED) is 0.769. The van der Waals surface area contributed by atoms with Gasteiger partial charge in [0.1, 0.15) is 0 Å². The van der Waals surface area contributed by atoms with Gasteiger partial charge in [-0.05, 0) is 11.0 Å². The summed E-state index contributed by atoms with van der Waals surface area (Å²) in [6.07, 6.45) is 3.57. The van der Waals surface area contributed by atoms with E-state index in [2.05, 4.69) is 30.7 Å². The fraction of sp³-hybridized carbons (Fsp3) is 0.643. The predicted octanol–water partition coefficient (Wildman–Crippen LogP) is 2.78. The first kappa shape index (κ1) is 14.6. The number of hydrogen-bond acceptors (Lipinski definition) is 3. The Labute approximate surface area is 109 Å². The normalized spacial score (nSPS) is 12.4. The average Bonchev–Trinajstić information content (AvgIpc) is 2.25. The lowest BCUT2D eigenvalue weighted by atomic mass is 9.89. The molecule has 1 heterocycles. The molecule has 0 aliphatic heterocycles. The molecule has 0 aliphatic rings. The minimum atomic E-state index is -0.430. The van der Waals surface area contributed by atoms with Crippen LogP contribution in [0.4, 0.5) is 5.95 Å². The molecular formula is C14H23N3O. The standard InChI is InChI=1S/C14H23N3O/c1-13(2,3)10-8-15-12(16-9-10)17(7)11(18)14(4,5)6/h8-9H,1-7H3. The van der Waals surface area contributed by atoms with Crippen LogP contribution >= 0.6 is 0 Å². The van der Waals surface area contributed by atoms with Crippen molar-refractivity contribution in [3.05, 3.63) is 18.0 Å². The lowest BCUT2D eigenvalue weighted by Crippen LogP contribution is -2.37. The summed E-state index contributed by atoms with van der Waals surface area (Å²) in [7, 11) is 1.71. The zero-order valence-corrected chi connectivity index (χ0v) is 12.4. The maximum atomic E-state index is 12.1. The summed E-state index contributed by atoms with van der Waals surface area (Å²) < 4.78 is 0. The summed E-state index contributed by atoms with van der Waals surface area (Å²) in [6, 6.07) is 0. The molecule has 0 N–H and O–H groups in total. The molecule has 1 aromatic heterocycles. The average molecular weight is 249 g/mol. The third kappa shape index (κ3) is 3.28. The highest BCUT2D eigenvalue weighted by molar-refractivity contribution is 5.94. The number of anilines is 1. The van der Waals surface area contributed by atoms with Gasteiger partial charge in [0, 0.05) is 24.9 Å². The monoisotopic (exact) mass is 249 g/mol. The third-order valence-electron chi connectivity index (χ3n) is 2.75. The summed E-state index contributed by atoms with van der Waals surface area (Å²) >= 11 is 0. The van der Waals surface area contributed by atoms with Crippen LogP contribution in [0.2, 0.25) is 0 Å². The highest BCUT2D eigenvalue weighted by Crippen LogP contribution is 2.23. The van der Waals surface area contributed by atoms with Crippen LogP contribution in [0.3, 0.4) is 0 Å². The topological polar surface area (TPSA) is 46.1 Å². The first-order chi connectivity index (χ1) is 8.03. The Morgan fingerprint density at radius 3 is 1.83 bits per heavy atom. The number of carbonyl (C=O) groups excluding carboxylic acids is 1. The van der Waals surface area contributed by atoms with Crippen LogP contribution in [0.25, 0.3) is 0 Å². The van der Waals surface area contributed by atoms with Crippen molar-refractivity contribution < 1.29 is 4.79 Å². The number of aromatic nitrogens is 2. The molecule has 0 radical (unpaired) electrons. The number of carbonyl (C=O) groups is 1. The molecule has 1 aromatic rings. The molecule has 4 nitrogen and oxygen atoms in total. The molecule has 100 valence electrons. The van der Waals surface area contributed by atoms with E-state index in [9.17, 15) is 4.79 Å². The molecule has 0 saturated heterocycles. The Balaban J connectivity index is 2.96. The first-order valence-corrected chi connectivity index (χ1v) is 6.14. The maximum Gasteiger partial charge on any atom is 0.234 e. The molecule has 0 aromatic carbocycles. The molecule has 4 heteroatoms. The second kappa shape index (κ2) is 4.67. The Morgan fingerprint density at radius 1 is 1.06 bits per heavy atom. The lowest BCUT2D eigenvalue weighted by molar-refractivity contribution is -0.125. The van der Waals surface area contributed by atoms with Gasteiger partial charge in [0.2, 0.25) is 11.9 Å². The zero-order valence-electron chi connectivity index (χ0n) is 12.4. The van der Waals surface area contributed by atoms with Gasteiger partial charge in [-0.25, -0.2) is 9.97 Å². The van der Waals surface area contributed by atoms with Crippen molar-refractivity contribution >= 4 is 11.9 Å². The summed E-state index contributed by atoms with van der Waals surface area (Å²) in [5.41, 5.74) is 0.647. The van der Waals surface area contributed by atoms with E-state index in [1.165, 1.54) is 4.90 Å². The second-order valence-electron chi connectivity index (χ2n) is 6.64. The number of hydrogen-bond donors (Lipinski definition) is 0. The highest BCUT2D eigenvalue weighted by atomic mass is 16.2. The van der Waals surface area contributed by atoms with Gasteiger partial charge in [-0.15, -0.1) is 0 Å². The minimum absolute atomic E-state index is 0.00556. The molecule has 1 rings (SSSR count). The van der Waals surface area contributed by atoms with Gasteiger partial charge in [-0.1, -0.05) is 41.5 Å². The summed E-state index contributed by atoms with van der Waals surface area (Å²) in [6.45, 7) is 12.0. The van der Waals surface area contributed by atoms with E-state index >= 15 is 0 Å². The van der Waals surface area contributed by atoms with Gasteiger partial charge in [-0.2, -0.15) is 0 Å². The second-order valence-corrected chi connectivity index (χ2v) is 6.64. The van der Waals surface area contributed by atoms with E-state index in [4.69, 9.17) is 0 Å². The molecule has 0 atom stereocenters. The van der Waals surface area contributed by atoms with E-state index in [0.29, 0.717) is 5.95 Å². The van der Waals surface area contributed by atoms with Crippen molar-refractivity contribution in [2.75, 3.05) is 11.9 Å². The molecule has 0 saturated carbocycles. The van der Waals surface area contributed by atoms with Crippen molar-refractivity contribution in [2.24, 2.45) is 5.41 Å². The van der Waals surface area contributed by atoms with Gasteiger partial charge in [0.05, 0.1) is 0 Å². The van der Waals surface area contributed by atoms with E-state index in [1.54, 1.807) is 19.4 Å². The van der Waals surface area contributed by atoms with E-state index in [0.717, 1.165) is 5.56 Å². The van der Waals surface area contributed by atoms with Crippen LogP contribution in [-0.4, -0.2) is 22.9 Å². The fourth-order valence-electron chi connectivity index (χ4n) is 1.48. The largest absolute Gasteiger partial charge is 0.283 e. The van der Waals surface area contributed by atoms with Crippen molar-refractivity contribution in [3.63, 3.8) is 0 Å². The lowest BCUT2D eigenvalue weighted by Gasteiger charge is -2.25.